The number of thioether (sulfide) groups is 1. The molecule has 0 radical (unpaired) electrons. The van der Waals surface area contributed by atoms with Crippen molar-refractivity contribution in [3.63, 3.8) is 0 Å². The topological polar surface area (TPSA) is 55.1 Å². The van der Waals surface area contributed by atoms with Crippen LogP contribution in [0, 0.1) is 0 Å². The highest BCUT2D eigenvalue weighted by Gasteiger charge is 2.02. The molecule has 1 unspecified atom stereocenters. The fourth-order valence-electron chi connectivity index (χ4n) is 1.38. The molecular weight excluding hydrogens is 268 g/mol. The van der Waals surface area contributed by atoms with E-state index in [1.165, 1.54) is 0 Å². The Morgan fingerprint density at radius 1 is 1.56 bits per heavy atom. The molecular formula is C13H19ClN2OS. The first-order chi connectivity index (χ1) is 8.58. The van der Waals surface area contributed by atoms with Crippen LogP contribution in [0.5, 0.6) is 0 Å². The van der Waals surface area contributed by atoms with Crippen molar-refractivity contribution in [3.05, 3.63) is 34.9 Å². The van der Waals surface area contributed by atoms with Crippen molar-refractivity contribution in [3.8, 4) is 0 Å². The highest BCUT2D eigenvalue weighted by molar-refractivity contribution is 7.99. The third-order valence-corrected chi connectivity index (χ3v) is 3.55. The van der Waals surface area contributed by atoms with Crippen LogP contribution in [0.4, 0.5) is 0 Å². The zero-order chi connectivity index (χ0) is 13.4. The van der Waals surface area contributed by atoms with Gasteiger partial charge in [-0.3, -0.25) is 4.79 Å². The number of nitrogens with two attached hydrogens (primary N) is 1. The Morgan fingerprint density at radius 3 is 3.00 bits per heavy atom. The average molecular weight is 287 g/mol. The first kappa shape index (κ1) is 15.3. The van der Waals surface area contributed by atoms with Gasteiger partial charge in [-0.05, 0) is 31.0 Å². The Hall–Kier alpha value is -0.710. The smallest absolute Gasteiger partial charge is 0.230 e. The fourth-order valence-corrected chi connectivity index (χ4v) is 2.40. The molecule has 18 heavy (non-hydrogen) atoms. The molecule has 0 fully saturated rings. The molecule has 0 spiro atoms. The maximum Gasteiger partial charge on any atom is 0.230 e. The molecule has 1 amide bonds. The maximum atomic E-state index is 11.5. The lowest BCUT2D eigenvalue weighted by Gasteiger charge is -2.07. The summed E-state index contributed by atoms with van der Waals surface area (Å²) in [7, 11) is 0. The highest BCUT2D eigenvalue weighted by atomic mass is 35.5. The van der Waals surface area contributed by atoms with Crippen LogP contribution >= 0.6 is 23.4 Å². The molecule has 1 atom stereocenters. The van der Waals surface area contributed by atoms with Gasteiger partial charge in [0.25, 0.3) is 0 Å². The summed E-state index contributed by atoms with van der Waals surface area (Å²) in [5.74, 6) is 1.31. The van der Waals surface area contributed by atoms with Gasteiger partial charge in [-0.1, -0.05) is 23.7 Å². The van der Waals surface area contributed by atoms with Crippen molar-refractivity contribution in [2.24, 2.45) is 5.73 Å². The fraction of sp³-hybridized carbons (Fsp3) is 0.462. The molecule has 1 aromatic carbocycles. The molecule has 0 saturated carbocycles. The first-order valence-corrected chi connectivity index (χ1v) is 7.45. The summed E-state index contributed by atoms with van der Waals surface area (Å²) >= 11 is 7.46. The van der Waals surface area contributed by atoms with Gasteiger partial charge < -0.3 is 11.1 Å². The second-order valence-corrected chi connectivity index (χ2v) is 5.66. The van der Waals surface area contributed by atoms with E-state index in [4.69, 9.17) is 17.3 Å². The Morgan fingerprint density at radius 2 is 2.33 bits per heavy atom. The van der Waals surface area contributed by atoms with E-state index in [1.54, 1.807) is 11.8 Å². The van der Waals surface area contributed by atoms with Crippen molar-refractivity contribution < 1.29 is 4.79 Å². The van der Waals surface area contributed by atoms with E-state index in [2.05, 4.69) is 5.32 Å². The maximum absolute atomic E-state index is 11.5. The summed E-state index contributed by atoms with van der Waals surface area (Å²) in [5, 5.41) is 3.58. The van der Waals surface area contributed by atoms with Crippen LogP contribution in [0.3, 0.4) is 0 Å². The Labute approximate surface area is 117 Å². The van der Waals surface area contributed by atoms with Gasteiger partial charge in [0.1, 0.15) is 0 Å². The standard InChI is InChI=1S/C13H19ClN2OS/c1-10(15)5-6-16-13(17)9-18-8-11-3-2-4-12(14)7-11/h2-4,7,10H,5-6,8-9,15H2,1H3,(H,16,17). The van der Waals surface area contributed by atoms with Crippen LogP contribution in [-0.4, -0.2) is 24.2 Å². The molecule has 0 heterocycles. The van der Waals surface area contributed by atoms with Crippen molar-refractivity contribution in [1.29, 1.82) is 0 Å². The Balaban J connectivity index is 2.15. The minimum absolute atomic E-state index is 0.0580. The molecule has 100 valence electrons. The van der Waals surface area contributed by atoms with E-state index in [0.29, 0.717) is 12.3 Å². The van der Waals surface area contributed by atoms with Gasteiger partial charge in [-0.15, -0.1) is 11.8 Å². The van der Waals surface area contributed by atoms with Gasteiger partial charge in [-0.25, -0.2) is 0 Å². The quantitative estimate of drug-likeness (QED) is 0.809. The lowest BCUT2D eigenvalue weighted by atomic mass is 10.2. The zero-order valence-electron chi connectivity index (χ0n) is 10.5. The second kappa shape index (κ2) is 8.40. The van der Waals surface area contributed by atoms with Gasteiger partial charge in [0.2, 0.25) is 5.91 Å². The normalized spacial score (nSPS) is 12.2. The predicted octanol–water partition coefficient (Wildman–Crippen LogP) is 2.43. The van der Waals surface area contributed by atoms with Gasteiger partial charge in [-0.2, -0.15) is 0 Å². The molecule has 3 N–H and O–H groups in total. The van der Waals surface area contributed by atoms with E-state index in [0.717, 1.165) is 22.8 Å². The zero-order valence-corrected chi connectivity index (χ0v) is 12.1. The van der Waals surface area contributed by atoms with E-state index in [1.807, 2.05) is 31.2 Å². The Bertz CT molecular complexity index is 385. The molecule has 0 aliphatic carbocycles. The molecule has 5 heteroatoms. The minimum Gasteiger partial charge on any atom is -0.355 e. The number of rotatable bonds is 7. The summed E-state index contributed by atoms with van der Waals surface area (Å²) in [6.07, 6.45) is 0.810. The van der Waals surface area contributed by atoms with Crippen LogP contribution in [-0.2, 0) is 10.5 Å². The third-order valence-electron chi connectivity index (χ3n) is 2.31. The molecule has 1 aromatic rings. The van der Waals surface area contributed by atoms with Crippen molar-refractivity contribution in [2.75, 3.05) is 12.3 Å². The number of carbonyl (C=O) groups is 1. The molecule has 0 bridgehead atoms. The number of amides is 1. The van der Waals surface area contributed by atoms with E-state index >= 15 is 0 Å². The summed E-state index contributed by atoms with van der Waals surface area (Å²) in [6.45, 7) is 2.58. The third kappa shape index (κ3) is 6.89. The van der Waals surface area contributed by atoms with Crippen LogP contribution in [0.15, 0.2) is 24.3 Å². The lowest BCUT2D eigenvalue weighted by molar-refractivity contribution is -0.118. The van der Waals surface area contributed by atoms with Crippen molar-refractivity contribution in [2.45, 2.75) is 25.1 Å². The number of halogens is 1. The van der Waals surface area contributed by atoms with Crippen LogP contribution < -0.4 is 11.1 Å². The molecule has 0 aromatic heterocycles. The predicted molar refractivity (Wildman–Crippen MR) is 78.9 cm³/mol. The number of benzene rings is 1. The monoisotopic (exact) mass is 286 g/mol. The molecule has 0 aliphatic rings. The van der Waals surface area contributed by atoms with Gasteiger partial charge >= 0.3 is 0 Å². The van der Waals surface area contributed by atoms with Crippen LogP contribution in [0.25, 0.3) is 0 Å². The van der Waals surface area contributed by atoms with Crippen LogP contribution in [0.1, 0.15) is 18.9 Å². The summed E-state index contributed by atoms with van der Waals surface area (Å²) in [5.41, 5.74) is 6.73. The molecule has 3 nitrogen and oxygen atoms in total. The SMILES string of the molecule is CC(N)CCNC(=O)CSCc1cccc(Cl)c1. The molecule has 1 rings (SSSR count). The summed E-state index contributed by atoms with van der Waals surface area (Å²) in [6, 6.07) is 7.82. The minimum atomic E-state index is 0.0580. The van der Waals surface area contributed by atoms with Gasteiger partial charge in [0.05, 0.1) is 5.75 Å². The molecule has 0 aliphatic heterocycles. The van der Waals surface area contributed by atoms with E-state index in [9.17, 15) is 4.79 Å². The van der Waals surface area contributed by atoms with E-state index in [-0.39, 0.29) is 11.9 Å². The van der Waals surface area contributed by atoms with Gasteiger partial charge in [0, 0.05) is 23.4 Å². The Kier molecular flexibility index (Phi) is 7.16. The summed E-state index contributed by atoms with van der Waals surface area (Å²) < 4.78 is 0. The average Bonchev–Trinajstić information content (AvgIpc) is 2.28. The molecule has 0 saturated heterocycles. The lowest BCUT2D eigenvalue weighted by Crippen LogP contribution is -2.30. The largest absolute Gasteiger partial charge is 0.355 e. The number of nitrogens with one attached hydrogen (secondary N) is 1. The first-order valence-electron chi connectivity index (χ1n) is 5.92. The number of carbonyl (C=O) groups excluding carboxylic acids is 1. The number of hydrogen-bond acceptors (Lipinski definition) is 3. The van der Waals surface area contributed by atoms with Crippen molar-refractivity contribution >= 4 is 29.3 Å². The number of hydrogen-bond donors (Lipinski definition) is 2. The van der Waals surface area contributed by atoms with Crippen molar-refractivity contribution in [1.82, 2.24) is 5.32 Å². The highest BCUT2D eigenvalue weighted by Crippen LogP contribution is 2.16. The van der Waals surface area contributed by atoms with Gasteiger partial charge in [0.15, 0.2) is 0 Å². The van der Waals surface area contributed by atoms with Crippen LogP contribution in [0.2, 0.25) is 5.02 Å². The van der Waals surface area contributed by atoms with E-state index < -0.39 is 0 Å². The summed E-state index contributed by atoms with van der Waals surface area (Å²) in [4.78, 5) is 11.5. The second-order valence-electron chi connectivity index (χ2n) is 4.24.